The van der Waals surface area contributed by atoms with E-state index in [2.05, 4.69) is 47.8 Å². The fraction of sp³-hybridized carbons (Fsp3) is 0. The van der Waals surface area contributed by atoms with Crippen LogP contribution in [0.5, 0.6) is 0 Å². The minimum Gasteiger partial charge on any atom is -0.322 e. The molecule has 0 aliphatic carbocycles. The highest BCUT2D eigenvalue weighted by atomic mass is 16.6. The van der Waals surface area contributed by atoms with Crippen molar-refractivity contribution >= 4 is 39.0 Å². The predicted molar refractivity (Wildman–Crippen MR) is 151 cm³/mol. The quantitative estimate of drug-likeness (QED) is 0.150. The molecule has 0 spiro atoms. The van der Waals surface area contributed by atoms with Gasteiger partial charge in [-0.05, 0) is 52.2 Å². The van der Waals surface area contributed by atoms with Gasteiger partial charge in [0.2, 0.25) is 0 Å². The lowest BCUT2D eigenvalue weighted by molar-refractivity contribution is -0.385. The summed E-state index contributed by atoms with van der Waals surface area (Å²) < 4.78 is 0. The van der Waals surface area contributed by atoms with Gasteiger partial charge in [0, 0.05) is 22.7 Å². The Morgan fingerprint density at radius 3 is 2.24 bits per heavy atom. The molecule has 1 N–H and O–H groups in total. The summed E-state index contributed by atoms with van der Waals surface area (Å²) in [6.07, 6.45) is 0. The summed E-state index contributed by atoms with van der Waals surface area (Å²) >= 11 is 0. The molecule has 0 aliphatic heterocycles. The van der Waals surface area contributed by atoms with Crippen molar-refractivity contribution in [3.8, 4) is 22.4 Å². The molecule has 0 bridgehead atoms. The van der Waals surface area contributed by atoms with Gasteiger partial charge in [0.1, 0.15) is 5.56 Å². The predicted octanol–water partition coefficient (Wildman–Crippen LogP) is 7.88. The lowest BCUT2D eigenvalue weighted by Gasteiger charge is -2.13. The number of nitrogens with one attached hydrogen (secondary N) is 1. The third-order valence-electron chi connectivity index (χ3n) is 6.57. The molecule has 0 unspecified atom stereocenters. The maximum atomic E-state index is 12.7. The second-order valence-corrected chi connectivity index (χ2v) is 8.91. The molecule has 0 saturated heterocycles. The number of nitrogens with zero attached hydrogens (tertiary/aromatic N) is 2. The standard InChI is InChI=1S/C32H21N3O3/c36-32(26-12-6-7-13-30(26)35(37)38)33-24-17-14-23(15-18-24)29-20-27(21-8-2-1-3-9-21)31-25-11-5-4-10-22(25)16-19-28(31)34-29/h1-20H,(H,33,36). The van der Waals surface area contributed by atoms with Crippen LogP contribution in [0.2, 0.25) is 0 Å². The van der Waals surface area contributed by atoms with E-state index in [1.54, 1.807) is 18.2 Å². The lowest BCUT2D eigenvalue weighted by Crippen LogP contribution is -2.13. The smallest absolute Gasteiger partial charge is 0.282 e. The van der Waals surface area contributed by atoms with Gasteiger partial charge in [-0.3, -0.25) is 14.9 Å². The van der Waals surface area contributed by atoms with E-state index in [1.807, 2.05) is 42.5 Å². The van der Waals surface area contributed by atoms with Crippen molar-refractivity contribution < 1.29 is 9.72 Å². The van der Waals surface area contributed by atoms with Crippen molar-refractivity contribution in [2.75, 3.05) is 5.32 Å². The van der Waals surface area contributed by atoms with Crippen molar-refractivity contribution in [3.63, 3.8) is 0 Å². The average molecular weight is 496 g/mol. The van der Waals surface area contributed by atoms with Crippen LogP contribution < -0.4 is 5.32 Å². The number of aromatic nitrogens is 1. The molecule has 0 fully saturated rings. The van der Waals surface area contributed by atoms with Gasteiger partial charge in [-0.2, -0.15) is 0 Å². The zero-order valence-electron chi connectivity index (χ0n) is 20.2. The summed E-state index contributed by atoms with van der Waals surface area (Å²) in [6, 6.07) is 38.0. The van der Waals surface area contributed by atoms with Crippen molar-refractivity contribution in [2.45, 2.75) is 0 Å². The molecule has 1 amide bonds. The number of rotatable bonds is 5. The molecule has 5 aromatic carbocycles. The van der Waals surface area contributed by atoms with Crippen molar-refractivity contribution in [2.24, 2.45) is 0 Å². The number of benzene rings is 5. The number of carbonyl (C=O) groups is 1. The Labute approximate surface area is 218 Å². The van der Waals surface area contributed by atoms with E-state index in [0.29, 0.717) is 5.69 Å². The van der Waals surface area contributed by atoms with E-state index in [9.17, 15) is 14.9 Å². The van der Waals surface area contributed by atoms with E-state index in [-0.39, 0.29) is 11.3 Å². The minimum absolute atomic E-state index is 0.0116. The highest BCUT2D eigenvalue weighted by molar-refractivity contribution is 6.13. The molecule has 0 saturated carbocycles. The number of amides is 1. The number of hydrogen-bond acceptors (Lipinski definition) is 4. The van der Waals surface area contributed by atoms with Crippen LogP contribution in [-0.2, 0) is 0 Å². The molecule has 0 aliphatic rings. The Balaban J connectivity index is 1.39. The number of pyridine rings is 1. The molecule has 0 radical (unpaired) electrons. The second-order valence-electron chi connectivity index (χ2n) is 8.91. The van der Waals surface area contributed by atoms with Gasteiger partial charge in [0.15, 0.2) is 0 Å². The number of hydrogen-bond donors (Lipinski definition) is 1. The molecule has 6 nitrogen and oxygen atoms in total. The molecular weight excluding hydrogens is 474 g/mol. The summed E-state index contributed by atoms with van der Waals surface area (Å²) in [6.45, 7) is 0. The molecule has 6 aromatic rings. The third kappa shape index (κ3) is 4.24. The molecule has 1 heterocycles. The topological polar surface area (TPSA) is 85.1 Å². The van der Waals surface area contributed by atoms with Gasteiger partial charge >= 0.3 is 0 Å². The molecule has 182 valence electrons. The van der Waals surface area contributed by atoms with Crippen LogP contribution in [-0.4, -0.2) is 15.8 Å². The minimum atomic E-state index is -0.559. The van der Waals surface area contributed by atoms with E-state index in [1.165, 1.54) is 18.2 Å². The van der Waals surface area contributed by atoms with Crippen LogP contribution >= 0.6 is 0 Å². The van der Waals surface area contributed by atoms with Crippen molar-refractivity contribution in [1.82, 2.24) is 4.98 Å². The number of para-hydroxylation sites is 1. The normalized spacial score (nSPS) is 10.9. The Kier molecular flexibility index (Phi) is 5.82. The van der Waals surface area contributed by atoms with Gasteiger partial charge in [0.25, 0.3) is 11.6 Å². The Morgan fingerprint density at radius 2 is 1.45 bits per heavy atom. The first-order valence-electron chi connectivity index (χ1n) is 12.1. The highest BCUT2D eigenvalue weighted by Gasteiger charge is 2.19. The third-order valence-corrected chi connectivity index (χ3v) is 6.57. The lowest BCUT2D eigenvalue weighted by atomic mass is 9.94. The number of carbonyl (C=O) groups excluding carboxylic acids is 1. The van der Waals surface area contributed by atoms with Crippen molar-refractivity contribution in [1.29, 1.82) is 0 Å². The first-order valence-corrected chi connectivity index (χ1v) is 12.1. The van der Waals surface area contributed by atoms with Gasteiger partial charge in [-0.15, -0.1) is 0 Å². The van der Waals surface area contributed by atoms with E-state index < -0.39 is 10.8 Å². The SMILES string of the molecule is O=C(Nc1ccc(-c2cc(-c3ccccc3)c3c(ccc4ccccc43)n2)cc1)c1ccccc1[N+](=O)[O-]. The van der Waals surface area contributed by atoms with Crippen LogP contribution in [0.4, 0.5) is 11.4 Å². The summed E-state index contributed by atoms with van der Waals surface area (Å²) in [5.41, 5.74) is 5.10. The molecule has 6 rings (SSSR count). The molecule has 38 heavy (non-hydrogen) atoms. The Morgan fingerprint density at radius 1 is 0.737 bits per heavy atom. The number of anilines is 1. The molecule has 0 atom stereocenters. The first-order chi connectivity index (χ1) is 18.6. The summed E-state index contributed by atoms with van der Waals surface area (Å²) in [7, 11) is 0. The summed E-state index contributed by atoms with van der Waals surface area (Å²) in [4.78, 5) is 28.4. The van der Waals surface area contributed by atoms with Crippen LogP contribution in [0.15, 0.2) is 121 Å². The molecular formula is C32H21N3O3. The number of nitro benzene ring substituents is 1. The van der Waals surface area contributed by atoms with Gasteiger partial charge < -0.3 is 5.32 Å². The van der Waals surface area contributed by atoms with Crippen molar-refractivity contribution in [3.05, 3.63) is 137 Å². The Bertz CT molecular complexity index is 1830. The fourth-order valence-electron chi connectivity index (χ4n) is 4.75. The average Bonchev–Trinajstić information content (AvgIpc) is 2.97. The van der Waals surface area contributed by atoms with Gasteiger partial charge in [0.05, 0.1) is 16.1 Å². The highest BCUT2D eigenvalue weighted by Crippen LogP contribution is 2.36. The Hall–Kier alpha value is -5.36. The van der Waals surface area contributed by atoms with Crippen LogP contribution in [0.25, 0.3) is 44.1 Å². The second kappa shape index (κ2) is 9.59. The van der Waals surface area contributed by atoms with Gasteiger partial charge in [-0.1, -0.05) is 84.9 Å². The first kappa shape index (κ1) is 23.1. The van der Waals surface area contributed by atoms with E-state index in [0.717, 1.165) is 44.1 Å². The van der Waals surface area contributed by atoms with Gasteiger partial charge in [-0.25, -0.2) is 4.98 Å². The monoisotopic (exact) mass is 495 g/mol. The van der Waals surface area contributed by atoms with Crippen LogP contribution in [0, 0.1) is 10.1 Å². The fourth-order valence-corrected chi connectivity index (χ4v) is 4.75. The number of fused-ring (bicyclic) bond motifs is 3. The molecule has 1 aromatic heterocycles. The van der Waals surface area contributed by atoms with Crippen LogP contribution in [0.1, 0.15) is 10.4 Å². The zero-order chi connectivity index (χ0) is 26.1. The maximum Gasteiger partial charge on any atom is 0.282 e. The van der Waals surface area contributed by atoms with Crippen LogP contribution in [0.3, 0.4) is 0 Å². The molecule has 6 heteroatoms. The number of nitro groups is 1. The van der Waals surface area contributed by atoms with E-state index >= 15 is 0 Å². The van der Waals surface area contributed by atoms with E-state index in [4.69, 9.17) is 4.98 Å². The zero-order valence-corrected chi connectivity index (χ0v) is 20.2. The summed E-state index contributed by atoms with van der Waals surface area (Å²) in [5, 5.41) is 17.5. The maximum absolute atomic E-state index is 12.7. The summed E-state index contributed by atoms with van der Waals surface area (Å²) in [5.74, 6) is -0.535. The largest absolute Gasteiger partial charge is 0.322 e.